The van der Waals surface area contributed by atoms with Crippen LogP contribution in [0.15, 0.2) is 0 Å². The van der Waals surface area contributed by atoms with Crippen molar-refractivity contribution in [2.75, 3.05) is 0 Å². The van der Waals surface area contributed by atoms with Gasteiger partial charge < -0.3 is 0 Å². The van der Waals surface area contributed by atoms with Gasteiger partial charge in [-0.1, -0.05) is 60.3 Å². The lowest BCUT2D eigenvalue weighted by molar-refractivity contribution is 0.373. The van der Waals surface area contributed by atoms with Gasteiger partial charge >= 0.3 is 0 Å². The summed E-state index contributed by atoms with van der Waals surface area (Å²) in [5, 5.41) is 0. The van der Waals surface area contributed by atoms with Gasteiger partial charge in [-0.3, -0.25) is 4.80 Å². The molecule has 0 bridgehead atoms. The minimum Gasteiger partial charge on any atom is -0.297 e. The first-order chi connectivity index (χ1) is 6.52. The fraction of sp³-hybridized carbons (Fsp3) is 1.00. The van der Waals surface area contributed by atoms with Gasteiger partial charge in [-0.2, -0.15) is 0 Å². The van der Waals surface area contributed by atoms with Crippen molar-refractivity contribution < 1.29 is 4.80 Å². The van der Waals surface area contributed by atoms with Crippen LogP contribution in [-0.2, 0) is 4.80 Å². The lowest BCUT2D eigenvalue weighted by Gasteiger charge is -2.33. The Morgan fingerprint density at radius 1 is 1.00 bits per heavy atom. The molecule has 14 heavy (non-hydrogen) atoms. The number of unbranched alkanes of at least 4 members (excludes halogenated alkanes) is 1. The normalized spacial score (nSPS) is 20.1. The third-order valence-electron chi connectivity index (χ3n) is 3.81. The molecule has 85 valence electrons. The number of hydrogen-bond donors (Lipinski definition) is 0. The summed E-state index contributed by atoms with van der Waals surface area (Å²) in [6, 6.07) is 0.994. The molecule has 0 aliphatic heterocycles. The van der Waals surface area contributed by atoms with Crippen LogP contribution in [0.4, 0.5) is 0 Å². The van der Waals surface area contributed by atoms with Gasteiger partial charge in [0, 0.05) is 0 Å². The summed E-state index contributed by atoms with van der Waals surface area (Å²) < 4.78 is 0. The highest BCUT2D eigenvalue weighted by molar-refractivity contribution is 6.75. The van der Waals surface area contributed by atoms with E-state index in [9.17, 15) is 4.80 Å². The van der Waals surface area contributed by atoms with Crippen LogP contribution >= 0.6 is 0 Å². The summed E-state index contributed by atoms with van der Waals surface area (Å²) in [7, 11) is -2.23. The minimum atomic E-state index is -2.23. The fourth-order valence-electron chi connectivity index (χ4n) is 2.12. The van der Waals surface area contributed by atoms with Gasteiger partial charge in [0.05, 0.1) is 0 Å². The quantitative estimate of drug-likeness (QED) is 0.546. The molecular weight excluding hydrogens is 188 g/mol. The van der Waals surface area contributed by atoms with E-state index in [1.54, 1.807) is 0 Å². The topological polar surface area (TPSA) is 19.9 Å². The first kappa shape index (κ1) is 14.2. The molecule has 0 aromatic rings. The van der Waals surface area contributed by atoms with Crippen molar-refractivity contribution in [2.45, 2.75) is 77.4 Å². The van der Waals surface area contributed by atoms with E-state index in [0.29, 0.717) is 11.1 Å². The first-order valence-corrected chi connectivity index (χ1v) is 8.50. The van der Waals surface area contributed by atoms with Crippen molar-refractivity contribution in [3.63, 3.8) is 0 Å². The summed E-state index contributed by atoms with van der Waals surface area (Å²) in [5.74, 6) is 0. The van der Waals surface area contributed by atoms with Gasteiger partial charge in [0.2, 0.25) is 8.32 Å². The van der Waals surface area contributed by atoms with Crippen LogP contribution < -0.4 is 0 Å². The fourth-order valence-corrected chi connectivity index (χ4v) is 6.37. The highest BCUT2D eigenvalue weighted by atomic mass is 28.4. The Morgan fingerprint density at radius 3 is 1.71 bits per heavy atom. The van der Waals surface area contributed by atoms with Crippen molar-refractivity contribution in [1.29, 1.82) is 0 Å². The molecule has 0 spiro atoms. The van der Waals surface area contributed by atoms with E-state index in [-0.39, 0.29) is 0 Å². The molecule has 2 atom stereocenters. The van der Waals surface area contributed by atoms with Crippen LogP contribution in [0.2, 0.25) is 17.1 Å². The Bertz CT molecular complexity index is 137. The van der Waals surface area contributed by atoms with Crippen LogP contribution in [0.5, 0.6) is 0 Å². The van der Waals surface area contributed by atoms with Gasteiger partial charge in [-0.15, -0.1) is 0 Å². The average Bonchev–Trinajstić information content (AvgIpc) is 2.23. The number of rotatable bonds is 7. The number of hydrogen-bond acceptors (Lipinski definition) is 0. The van der Waals surface area contributed by atoms with Crippen molar-refractivity contribution in [2.24, 2.45) is 0 Å². The maximum atomic E-state index is 12.9. The standard InChI is InChI=1S/C12H27OSi/c1-6-9-10-14(13,11(4)7-2)12(5)8-3/h11-12H,6-10H2,1-5H3. The Labute approximate surface area is 91.1 Å². The SMILES string of the molecule is CCCC[Si]([O])(C(C)CC)C(C)CC. The van der Waals surface area contributed by atoms with E-state index in [4.69, 9.17) is 0 Å². The second-order valence-corrected chi connectivity index (χ2v) is 9.06. The lowest BCUT2D eigenvalue weighted by Crippen LogP contribution is -2.41. The molecule has 0 amide bonds. The summed E-state index contributed by atoms with van der Waals surface area (Å²) >= 11 is 0. The van der Waals surface area contributed by atoms with Crippen molar-refractivity contribution in [1.82, 2.24) is 0 Å². The van der Waals surface area contributed by atoms with E-state index in [1.807, 2.05) is 0 Å². The van der Waals surface area contributed by atoms with E-state index in [1.165, 1.54) is 6.42 Å². The molecule has 2 unspecified atom stereocenters. The first-order valence-electron chi connectivity index (χ1n) is 6.23. The van der Waals surface area contributed by atoms with Gasteiger partial charge in [0.15, 0.2) is 0 Å². The lowest BCUT2D eigenvalue weighted by atomic mass is 10.3. The van der Waals surface area contributed by atoms with Gasteiger partial charge in [0.1, 0.15) is 0 Å². The highest BCUT2D eigenvalue weighted by Crippen LogP contribution is 2.39. The van der Waals surface area contributed by atoms with E-state index in [0.717, 1.165) is 25.3 Å². The van der Waals surface area contributed by atoms with Gasteiger partial charge in [-0.25, -0.2) is 0 Å². The summed E-state index contributed by atoms with van der Waals surface area (Å²) in [4.78, 5) is 12.9. The largest absolute Gasteiger partial charge is 0.297 e. The summed E-state index contributed by atoms with van der Waals surface area (Å²) in [6.45, 7) is 10.9. The zero-order valence-electron chi connectivity index (χ0n) is 10.6. The third-order valence-corrected chi connectivity index (χ3v) is 9.10. The molecule has 0 aliphatic carbocycles. The molecule has 0 aliphatic rings. The van der Waals surface area contributed by atoms with Gasteiger partial charge in [0.25, 0.3) is 0 Å². The van der Waals surface area contributed by atoms with E-state index < -0.39 is 8.32 Å². The Morgan fingerprint density at radius 2 is 1.43 bits per heavy atom. The molecule has 0 N–H and O–H groups in total. The molecule has 0 aromatic heterocycles. The average molecular weight is 215 g/mol. The van der Waals surface area contributed by atoms with Crippen LogP contribution in [0, 0.1) is 0 Å². The Hall–Kier alpha value is 0.177. The van der Waals surface area contributed by atoms with Crippen LogP contribution in [-0.4, -0.2) is 8.32 Å². The molecule has 1 radical (unpaired) electrons. The molecule has 0 saturated heterocycles. The predicted octanol–water partition coefficient (Wildman–Crippen LogP) is 4.76. The highest BCUT2D eigenvalue weighted by Gasteiger charge is 2.42. The van der Waals surface area contributed by atoms with Crippen LogP contribution in [0.3, 0.4) is 0 Å². The maximum Gasteiger partial charge on any atom is 0.242 e. The maximum absolute atomic E-state index is 12.9. The second kappa shape index (κ2) is 6.62. The van der Waals surface area contributed by atoms with Crippen LogP contribution in [0.1, 0.15) is 60.3 Å². The zero-order valence-corrected chi connectivity index (χ0v) is 11.6. The van der Waals surface area contributed by atoms with E-state index >= 15 is 0 Å². The molecule has 0 aromatic carbocycles. The van der Waals surface area contributed by atoms with Gasteiger partial charge in [-0.05, 0) is 17.1 Å². The zero-order chi connectivity index (χ0) is 11.2. The Kier molecular flexibility index (Phi) is 6.71. The molecular formula is C12H27OSi. The second-order valence-electron chi connectivity index (χ2n) is 4.68. The monoisotopic (exact) mass is 215 g/mol. The smallest absolute Gasteiger partial charge is 0.242 e. The summed E-state index contributed by atoms with van der Waals surface area (Å²) in [6.07, 6.45) is 4.46. The molecule has 0 saturated carbocycles. The molecule has 0 heterocycles. The third kappa shape index (κ3) is 3.39. The van der Waals surface area contributed by atoms with Crippen molar-refractivity contribution in [3.05, 3.63) is 0 Å². The molecule has 0 rings (SSSR count). The van der Waals surface area contributed by atoms with Crippen LogP contribution in [0.25, 0.3) is 0 Å². The molecule has 0 fully saturated rings. The minimum absolute atomic E-state index is 0.448. The Balaban J connectivity index is 4.47. The van der Waals surface area contributed by atoms with E-state index in [2.05, 4.69) is 34.6 Å². The predicted molar refractivity (Wildman–Crippen MR) is 65.6 cm³/mol. The summed E-state index contributed by atoms with van der Waals surface area (Å²) in [5.41, 5.74) is 0.896. The van der Waals surface area contributed by atoms with Crippen molar-refractivity contribution in [3.8, 4) is 0 Å². The molecule has 2 heteroatoms. The molecule has 1 nitrogen and oxygen atoms in total. The van der Waals surface area contributed by atoms with Crippen molar-refractivity contribution >= 4 is 8.32 Å².